The van der Waals surface area contributed by atoms with Crippen LogP contribution in [-0.4, -0.2) is 65.4 Å². The first-order chi connectivity index (χ1) is 20.2. The van der Waals surface area contributed by atoms with Gasteiger partial charge in [-0.2, -0.15) is 0 Å². The van der Waals surface area contributed by atoms with Gasteiger partial charge >= 0.3 is 0 Å². The summed E-state index contributed by atoms with van der Waals surface area (Å²) in [7, 11) is 0. The van der Waals surface area contributed by atoms with Gasteiger partial charge in [0.05, 0.1) is 6.54 Å². The lowest BCUT2D eigenvalue weighted by Gasteiger charge is -2.45. The Morgan fingerprint density at radius 3 is 2.38 bits per heavy atom. The first-order valence-electron chi connectivity index (χ1n) is 13.7. The Labute approximate surface area is 253 Å². The number of hydrogen-bond acceptors (Lipinski definition) is 6. The minimum Gasteiger partial charge on any atom is -0.451 e. The number of fused-ring (bicyclic) bond motifs is 1. The summed E-state index contributed by atoms with van der Waals surface area (Å²) in [5.74, 6) is -1.22. The van der Waals surface area contributed by atoms with Crippen LogP contribution < -0.4 is 15.5 Å². The molecule has 3 atom stereocenters. The quantitative estimate of drug-likeness (QED) is 0.300. The molecule has 218 valence electrons. The summed E-state index contributed by atoms with van der Waals surface area (Å²) >= 11 is 12.1. The standard InChI is InChI=1S/C31H31Cl2N5O4/c1-19-17-37(25-9-6-22(32)7-10-25)18-20(2)38(19)29(39)16-35-30(40)26(15-24-5-3-4-12-34-24)36-31(41)28-14-21-13-23(33)8-11-27(21)42-28/h3-14,19-20,26H,15-18H2,1-2H3,(H,35,40)(H,36,41)/t19?,20?,26-/m0/s1. The van der Waals surface area contributed by atoms with Crippen molar-refractivity contribution in [1.82, 2.24) is 20.5 Å². The number of nitrogens with one attached hydrogen (secondary N) is 2. The number of furan rings is 1. The van der Waals surface area contributed by atoms with Gasteiger partial charge in [0.15, 0.2) is 5.76 Å². The van der Waals surface area contributed by atoms with E-state index in [4.69, 9.17) is 27.6 Å². The van der Waals surface area contributed by atoms with Crippen molar-refractivity contribution in [3.63, 3.8) is 0 Å². The third kappa shape index (κ3) is 6.86. The summed E-state index contributed by atoms with van der Waals surface area (Å²) in [4.78, 5) is 48.1. The number of benzene rings is 2. The van der Waals surface area contributed by atoms with Crippen LogP contribution in [0, 0.1) is 0 Å². The van der Waals surface area contributed by atoms with E-state index < -0.39 is 17.9 Å². The largest absolute Gasteiger partial charge is 0.451 e. The molecule has 11 heteroatoms. The third-order valence-electron chi connectivity index (χ3n) is 7.28. The fourth-order valence-electron chi connectivity index (χ4n) is 5.35. The number of amides is 3. The van der Waals surface area contributed by atoms with E-state index in [2.05, 4.69) is 20.5 Å². The van der Waals surface area contributed by atoms with Gasteiger partial charge in [0, 0.05) is 64.6 Å². The number of halogens is 2. The highest BCUT2D eigenvalue weighted by Gasteiger charge is 2.33. The normalized spacial score (nSPS) is 17.6. The predicted octanol–water partition coefficient (Wildman–Crippen LogP) is 4.72. The Morgan fingerprint density at radius 2 is 1.69 bits per heavy atom. The molecule has 42 heavy (non-hydrogen) atoms. The van der Waals surface area contributed by atoms with Crippen LogP contribution >= 0.6 is 23.2 Å². The summed E-state index contributed by atoms with van der Waals surface area (Å²) in [6, 6.07) is 18.4. The number of anilines is 1. The predicted molar refractivity (Wildman–Crippen MR) is 163 cm³/mol. The Hall–Kier alpha value is -4.08. The lowest BCUT2D eigenvalue weighted by atomic mass is 10.1. The molecule has 1 saturated heterocycles. The molecule has 2 aromatic carbocycles. The Bertz CT molecular complexity index is 1570. The molecular weight excluding hydrogens is 577 g/mol. The molecule has 3 amide bonds. The number of piperazine rings is 1. The minimum absolute atomic E-state index is 0.0448. The summed E-state index contributed by atoms with van der Waals surface area (Å²) in [5.41, 5.74) is 2.15. The van der Waals surface area contributed by atoms with Crippen molar-refractivity contribution in [2.75, 3.05) is 24.5 Å². The molecule has 5 rings (SSSR count). The number of aromatic nitrogens is 1. The Balaban J connectivity index is 1.24. The summed E-state index contributed by atoms with van der Waals surface area (Å²) in [5, 5.41) is 7.34. The van der Waals surface area contributed by atoms with Crippen molar-refractivity contribution in [2.45, 2.75) is 38.4 Å². The molecule has 3 heterocycles. The fraction of sp³-hybridized carbons (Fsp3) is 0.290. The summed E-state index contributed by atoms with van der Waals surface area (Å²) in [6.07, 6.45) is 1.75. The molecular formula is C31H31Cl2N5O4. The highest BCUT2D eigenvalue weighted by Crippen LogP contribution is 2.25. The van der Waals surface area contributed by atoms with E-state index in [1.165, 1.54) is 0 Å². The fourth-order valence-corrected chi connectivity index (χ4v) is 5.65. The van der Waals surface area contributed by atoms with Gasteiger partial charge < -0.3 is 24.9 Å². The molecule has 0 radical (unpaired) electrons. The maximum Gasteiger partial charge on any atom is 0.287 e. The average molecular weight is 609 g/mol. The highest BCUT2D eigenvalue weighted by atomic mass is 35.5. The first-order valence-corrected chi connectivity index (χ1v) is 14.4. The monoisotopic (exact) mass is 607 g/mol. The molecule has 0 spiro atoms. The second-order valence-electron chi connectivity index (χ2n) is 10.4. The maximum absolute atomic E-state index is 13.4. The molecule has 0 bridgehead atoms. The zero-order chi connectivity index (χ0) is 29.8. The second kappa shape index (κ2) is 12.8. The molecule has 4 aromatic rings. The number of pyridine rings is 1. The Kier molecular flexibility index (Phi) is 8.99. The van der Waals surface area contributed by atoms with Gasteiger partial charge in [-0.05, 0) is 74.5 Å². The zero-order valence-corrected chi connectivity index (χ0v) is 24.7. The first kappa shape index (κ1) is 29.4. The van der Waals surface area contributed by atoms with E-state index in [0.717, 1.165) is 5.69 Å². The molecule has 2 aromatic heterocycles. The van der Waals surface area contributed by atoms with Crippen molar-refractivity contribution >= 4 is 57.6 Å². The lowest BCUT2D eigenvalue weighted by molar-refractivity contribution is -0.137. The van der Waals surface area contributed by atoms with E-state index in [1.54, 1.807) is 53.6 Å². The molecule has 2 N–H and O–H groups in total. The van der Waals surface area contributed by atoms with E-state index in [1.807, 2.05) is 38.1 Å². The zero-order valence-electron chi connectivity index (χ0n) is 23.2. The van der Waals surface area contributed by atoms with Gasteiger partial charge in [0.25, 0.3) is 5.91 Å². The number of rotatable bonds is 8. The smallest absolute Gasteiger partial charge is 0.287 e. The van der Waals surface area contributed by atoms with Crippen LogP contribution in [0.25, 0.3) is 11.0 Å². The van der Waals surface area contributed by atoms with Gasteiger partial charge in [-0.25, -0.2) is 0 Å². The van der Waals surface area contributed by atoms with Crippen molar-refractivity contribution in [1.29, 1.82) is 0 Å². The summed E-state index contributed by atoms with van der Waals surface area (Å²) in [6.45, 7) is 5.07. The van der Waals surface area contributed by atoms with Crippen LogP contribution in [0.4, 0.5) is 5.69 Å². The number of hydrogen-bond donors (Lipinski definition) is 2. The Morgan fingerprint density at radius 1 is 0.976 bits per heavy atom. The molecule has 1 aliphatic heterocycles. The van der Waals surface area contributed by atoms with Gasteiger partial charge in [-0.15, -0.1) is 0 Å². The van der Waals surface area contributed by atoms with Crippen LogP contribution in [0.2, 0.25) is 10.0 Å². The van der Waals surface area contributed by atoms with Crippen LogP contribution in [-0.2, 0) is 16.0 Å². The van der Waals surface area contributed by atoms with Gasteiger partial charge in [0.1, 0.15) is 11.6 Å². The number of carbonyl (C=O) groups is 3. The van der Waals surface area contributed by atoms with Gasteiger partial charge in [0.2, 0.25) is 11.8 Å². The van der Waals surface area contributed by atoms with Crippen LogP contribution in [0.5, 0.6) is 0 Å². The molecule has 0 saturated carbocycles. The van der Waals surface area contributed by atoms with Crippen molar-refractivity contribution in [2.24, 2.45) is 0 Å². The third-order valence-corrected chi connectivity index (χ3v) is 7.76. The topological polar surface area (TPSA) is 108 Å². The number of carbonyl (C=O) groups excluding carboxylic acids is 3. The highest BCUT2D eigenvalue weighted by molar-refractivity contribution is 6.31. The summed E-state index contributed by atoms with van der Waals surface area (Å²) < 4.78 is 5.67. The molecule has 9 nitrogen and oxygen atoms in total. The van der Waals surface area contributed by atoms with Crippen molar-refractivity contribution in [3.05, 3.63) is 94.4 Å². The van der Waals surface area contributed by atoms with Crippen molar-refractivity contribution in [3.8, 4) is 0 Å². The van der Waals surface area contributed by atoms with E-state index in [-0.39, 0.29) is 36.7 Å². The van der Waals surface area contributed by atoms with Crippen molar-refractivity contribution < 1.29 is 18.8 Å². The van der Waals surface area contributed by atoms with E-state index >= 15 is 0 Å². The van der Waals surface area contributed by atoms with Crippen LogP contribution in [0.15, 0.2) is 77.3 Å². The van der Waals surface area contributed by atoms with Crippen LogP contribution in [0.1, 0.15) is 30.1 Å². The molecule has 1 aliphatic rings. The van der Waals surface area contributed by atoms with Crippen LogP contribution in [0.3, 0.4) is 0 Å². The van der Waals surface area contributed by atoms with Gasteiger partial charge in [-0.1, -0.05) is 29.3 Å². The van der Waals surface area contributed by atoms with E-state index in [9.17, 15) is 14.4 Å². The van der Waals surface area contributed by atoms with Gasteiger partial charge in [-0.3, -0.25) is 19.4 Å². The SMILES string of the molecule is CC1CN(c2ccc(Cl)cc2)CC(C)N1C(=O)CNC(=O)[C@H](Cc1ccccn1)NC(=O)c1cc2cc(Cl)ccc2o1. The maximum atomic E-state index is 13.4. The van der Waals surface area contributed by atoms with E-state index in [0.29, 0.717) is 39.8 Å². The average Bonchev–Trinajstić information content (AvgIpc) is 3.39. The molecule has 2 unspecified atom stereocenters. The number of nitrogens with zero attached hydrogens (tertiary/aromatic N) is 3. The molecule has 1 fully saturated rings. The molecule has 0 aliphatic carbocycles. The minimum atomic E-state index is -0.992. The second-order valence-corrected chi connectivity index (χ2v) is 11.3. The lowest BCUT2D eigenvalue weighted by Crippen LogP contribution is -2.60.